The van der Waals surface area contributed by atoms with Crippen molar-refractivity contribution >= 4 is 27.5 Å². The molecule has 0 spiro atoms. The van der Waals surface area contributed by atoms with Crippen molar-refractivity contribution in [2.45, 2.75) is 25.7 Å². The number of carbonyl (C=O) groups is 1. The van der Waals surface area contributed by atoms with Gasteiger partial charge >= 0.3 is 0 Å². The molecule has 146 valence electrons. The SMILES string of the molecule is CC(=O)Nc1onc(C)c1-c1ccc(C)c(S(=O)(=O)Nc2ccccc2F)c1. The Kier molecular flexibility index (Phi) is 5.19. The largest absolute Gasteiger partial charge is 0.337 e. The number of amides is 1. The highest BCUT2D eigenvalue weighted by atomic mass is 32.2. The summed E-state index contributed by atoms with van der Waals surface area (Å²) in [5, 5.41) is 6.37. The number of halogens is 1. The van der Waals surface area contributed by atoms with Crippen LogP contribution in [-0.2, 0) is 14.8 Å². The van der Waals surface area contributed by atoms with Crippen LogP contribution in [-0.4, -0.2) is 19.5 Å². The highest BCUT2D eigenvalue weighted by molar-refractivity contribution is 7.92. The van der Waals surface area contributed by atoms with Gasteiger partial charge in [0.25, 0.3) is 10.0 Å². The summed E-state index contributed by atoms with van der Waals surface area (Å²) in [6.45, 7) is 4.63. The first kappa shape index (κ1) is 19.6. The van der Waals surface area contributed by atoms with E-state index in [1.807, 2.05) is 0 Å². The van der Waals surface area contributed by atoms with Gasteiger partial charge in [-0.15, -0.1) is 0 Å². The highest BCUT2D eigenvalue weighted by Crippen LogP contribution is 2.34. The first-order valence-electron chi connectivity index (χ1n) is 8.31. The molecule has 0 unspecified atom stereocenters. The van der Waals surface area contributed by atoms with Gasteiger partial charge in [-0.1, -0.05) is 29.4 Å². The number of sulfonamides is 1. The summed E-state index contributed by atoms with van der Waals surface area (Å²) in [6, 6.07) is 10.3. The summed E-state index contributed by atoms with van der Waals surface area (Å²) < 4.78 is 47.0. The molecule has 0 aliphatic rings. The number of anilines is 2. The van der Waals surface area contributed by atoms with Crippen LogP contribution in [0.2, 0.25) is 0 Å². The van der Waals surface area contributed by atoms with Gasteiger partial charge in [0.15, 0.2) is 0 Å². The molecule has 2 aromatic carbocycles. The summed E-state index contributed by atoms with van der Waals surface area (Å²) in [5.74, 6) is -0.902. The molecular formula is C19H18FN3O4S. The lowest BCUT2D eigenvalue weighted by Gasteiger charge is -2.13. The maximum atomic E-state index is 13.9. The van der Waals surface area contributed by atoms with Crippen molar-refractivity contribution in [3.63, 3.8) is 0 Å². The van der Waals surface area contributed by atoms with Crippen molar-refractivity contribution in [1.82, 2.24) is 5.16 Å². The number of rotatable bonds is 5. The van der Waals surface area contributed by atoms with Crippen molar-refractivity contribution in [3.8, 4) is 11.1 Å². The van der Waals surface area contributed by atoms with Crippen LogP contribution in [0.3, 0.4) is 0 Å². The first-order valence-corrected chi connectivity index (χ1v) is 9.79. The van der Waals surface area contributed by atoms with Crippen LogP contribution in [0.4, 0.5) is 16.0 Å². The van der Waals surface area contributed by atoms with E-state index in [1.165, 1.54) is 37.3 Å². The number of hydrogen-bond acceptors (Lipinski definition) is 5. The Morgan fingerprint density at radius 3 is 2.54 bits per heavy atom. The molecular weight excluding hydrogens is 385 g/mol. The fourth-order valence-corrected chi connectivity index (χ4v) is 4.08. The van der Waals surface area contributed by atoms with Crippen LogP contribution in [0, 0.1) is 19.7 Å². The Morgan fingerprint density at radius 2 is 1.86 bits per heavy atom. The number of hydrogen-bond donors (Lipinski definition) is 2. The number of nitrogens with zero attached hydrogens (tertiary/aromatic N) is 1. The van der Waals surface area contributed by atoms with Crippen LogP contribution >= 0.6 is 0 Å². The molecule has 1 heterocycles. The van der Waals surface area contributed by atoms with E-state index in [2.05, 4.69) is 15.2 Å². The van der Waals surface area contributed by atoms with E-state index in [9.17, 15) is 17.6 Å². The molecule has 9 heteroatoms. The normalized spacial score (nSPS) is 11.3. The lowest BCUT2D eigenvalue weighted by Crippen LogP contribution is -2.15. The molecule has 0 aliphatic heterocycles. The maximum absolute atomic E-state index is 13.9. The molecule has 28 heavy (non-hydrogen) atoms. The molecule has 0 radical (unpaired) electrons. The van der Waals surface area contributed by atoms with Crippen LogP contribution < -0.4 is 10.0 Å². The van der Waals surface area contributed by atoms with Crippen LogP contribution in [0.5, 0.6) is 0 Å². The van der Waals surface area contributed by atoms with E-state index < -0.39 is 15.8 Å². The second-order valence-electron chi connectivity index (χ2n) is 6.22. The van der Waals surface area contributed by atoms with Gasteiger partial charge < -0.3 is 4.52 Å². The van der Waals surface area contributed by atoms with E-state index in [0.29, 0.717) is 22.4 Å². The van der Waals surface area contributed by atoms with E-state index in [-0.39, 0.29) is 22.4 Å². The van der Waals surface area contributed by atoms with Gasteiger partial charge in [0, 0.05) is 6.92 Å². The fourth-order valence-electron chi connectivity index (χ4n) is 2.74. The molecule has 1 aromatic heterocycles. The minimum atomic E-state index is -4.06. The average Bonchev–Trinajstić information content (AvgIpc) is 2.97. The third-order valence-electron chi connectivity index (χ3n) is 4.04. The van der Waals surface area contributed by atoms with Crippen LogP contribution in [0.15, 0.2) is 51.9 Å². The molecule has 0 aliphatic carbocycles. The minimum Gasteiger partial charge on any atom is -0.337 e. The van der Waals surface area contributed by atoms with Crippen LogP contribution in [0.1, 0.15) is 18.2 Å². The number of aromatic nitrogens is 1. The van der Waals surface area contributed by atoms with E-state index >= 15 is 0 Å². The van der Waals surface area contributed by atoms with Crippen molar-refractivity contribution in [1.29, 1.82) is 0 Å². The molecule has 3 aromatic rings. The number of carbonyl (C=O) groups excluding carboxylic acids is 1. The van der Waals surface area contributed by atoms with Gasteiger partial charge in [0.2, 0.25) is 11.8 Å². The zero-order chi connectivity index (χ0) is 20.5. The smallest absolute Gasteiger partial charge is 0.262 e. The number of nitrogens with one attached hydrogen (secondary N) is 2. The van der Waals surface area contributed by atoms with Crippen molar-refractivity contribution in [3.05, 3.63) is 59.5 Å². The van der Waals surface area contributed by atoms with Gasteiger partial charge in [-0.2, -0.15) is 0 Å². The Labute approximate surface area is 161 Å². The Morgan fingerprint density at radius 1 is 1.14 bits per heavy atom. The Hall–Kier alpha value is -3.20. The zero-order valence-corrected chi connectivity index (χ0v) is 16.2. The third-order valence-corrected chi connectivity index (χ3v) is 5.54. The Bertz CT molecular complexity index is 1160. The summed E-state index contributed by atoms with van der Waals surface area (Å²) >= 11 is 0. The quantitative estimate of drug-likeness (QED) is 0.674. The predicted molar refractivity (Wildman–Crippen MR) is 103 cm³/mol. The summed E-state index contributed by atoms with van der Waals surface area (Å²) in [4.78, 5) is 11.4. The van der Waals surface area contributed by atoms with Gasteiger partial charge in [-0.3, -0.25) is 14.8 Å². The van der Waals surface area contributed by atoms with Crippen molar-refractivity contribution in [2.75, 3.05) is 10.0 Å². The van der Waals surface area contributed by atoms with E-state index in [4.69, 9.17) is 4.52 Å². The lowest BCUT2D eigenvalue weighted by molar-refractivity contribution is -0.114. The molecule has 0 atom stereocenters. The topological polar surface area (TPSA) is 101 Å². The first-order chi connectivity index (χ1) is 13.2. The second kappa shape index (κ2) is 7.43. The zero-order valence-electron chi connectivity index (χ0n) is 15.4. The van der Waals surface area contributed by atoms with E-state index in [1.54, 1.807) is 26.0 Å². The summed E-state index contributed by atoms with van der Waals surface area (Å²) in [5.41, 5.74) is 1.77. The minimum absolute atomic E-state index is 0.0253. The fraction of sp³-hybridized carbons (Fsp3) is 0.158. The molecule has 3 rings (SSSR count). The van der Waals surface area contributed by atoms with Gasteiger partial charge in [0.05, 0.1) is 21.8 Å². The highest BCUT2D eigenvalue weighted by Gasteiger charge is 2.22. The lowest BCUT2D eigenvalue weighted by atomic mass is 10.0. The predicted octanol–water partition coefficient (Wildman–Crippen LogP) is 3.86. The van der Waals surface area contributed by atoms with Crippen LogP contribution in [0.25, 0.3) is 11.1 Å². The number of benzene rings is 2. The average molecular weight is 403 g/mol. The molecule has 7 nitrogen and oxygen atoms in total. The molecule has 0 saturated heterocycles. The van der Waals surface area contributed by atoms with Gasteiger partial charge in [-0.25, -0.2) is 12.8 Å². The van der Waals surface area contributed by atoms with Gasteiger partial charge in [-0.05, 0) is 43.2 Å². The van der Waals surface area contributed by atoms with Crippen molar-refractivity contribution in [2.24, 2.45) is 0 Å². The maximum Gasteiger partial charge on any atom is 0.262 e. The number of para-hydroxylation sites is 1. The van der Waals surface area contributed by atoms with E-state index in [0.717, 1.165) is 0 Å². The monoisotopic (exact) mass is 403 g/mol. The molecule has 0 saturated carbocycles. The Balaban J connectivity index is 2.07. The third kappa shape index (κ3) is 3.89. The molecule has 2 N–H and O–H groups in total. The summed E-state index contributed by atoms with van der Waals surface area (Å²) in [7, 11) is -4.06. The standard InChI is InChI=1S/C19H18FN3O4S/c1-11-8-9-14(18-12(2)22-27-19(18)21-13(3)24)10-17(11)28(25,26)23-16-7-5-4-6-15(16)20/h4-10,23H,1-3H3,(H,21,24). The molecule has 0 bridgehead atoms. The van der Waals surface area contributed by atoms with Crippen molar-refractivity contribution < 1.29 is 22.1 Å². The summed E-state index contributed by atoms with van der Waals surface area (Å²) in [6.07, 6.45) is 0. The molecule has 0 fully saturated rings. The van der Waals surface area contributed by atoms with Gasteiger partial charge in [0.1, 0.15) is 5.82 Å². The molecule has 1 amide bonds. The number of aryl methyl sites for hydroxylation is 2. The second-order valence-corrected chi connectivity index (χ2v) is 7.87.